The third-order valence-electron chi connectivity index (χ3n) is 2.44. The van der Waals surface area contributed by atoms with Crippen LogP contribution in [0.1, 0.15) is 17.3 Å². The van der Waals surface area contributed by atoms with E-state index in [1.165, 1.54) is 0 Å². The van der Waals surface area contributed by atoms with Gasteiger partial charge in [-0.15, -0.1) is 0 Å². The Balaban J connectivity index is 2.04. The summed E-state index contributed by atoms with van der Waals surface area (Å²) in [4.78, 5) is 17.2. The van der Waals surface area contributed by atoms with Crippen molar-refractivity contribution in [2.24, 2.45) is 0 Å². The molecule has 1 heterocycles. The number of rotatable bonds is 5. The number of Topliss-reactive ketones (excluding diaryl/α,β-unsaturated/α-hetero) is 1. The Hall–Kier alpha value is -1.81. The molecule has 0 fully saturated rings. The Labute approximate surface area is 110 Å². The second-order valence-corrected chi connectivity index (χ2v) is 4.23. The van der Waals surface area contributed by atoms with E-state index >= 15 is 0 Å². The molecule has 1 aromatic carbocycles. The van der Waals surface area contributed by atoms with Gasteiger partial charge in [0.1, 0.15) is 12.8 Å². The van der Waals surface area contributed by atoms with Crippen LogP contribution in [0.2, 0.25) is 5.02 Å². The van der Waals surface area contributed by atoms with Crippen LogP contribution in [0.25, 0.3) is 0 Å². The summed E-state index contributed by atoms with van der Waals surface area (Å²) in [6, 6.07) is 6.88. The van der Waals surface area contributed by atoms with Gasteiger partial charge in [-0.25, -0.2) is 4.57 Å². The van der Waals surface area contributed by atoms with Crippen LogP contribution in [0, 0.1) is 0 Å². The van der Waals surface area contributed by atoms with Gasteiger partial charge in [0, 0.05) is 10.6 Å². The van der Waals surface area contributed by atoms with E-state index in [1.807, 2.05) is 6.92 Å². The van der Waals surface area contributed by atoms with E-state index in [0.29, 0.717) is 17.2 Å². The molecule has 0 radical (unpaired) electrons. The molecule has 0 unspecified atom stereocenters. The van der Waals surface area contributed by atoms with Gasteiger partial charge in [-0.3, -0.25) is 4.79 Å². The van der Waals surface area contributed by atoms with Crippen LogP contribution in [0.4, 0.5) is 0 Å². The first-order valence-electron chi connectivity index (χ1n) is 5.68. The van der Waals surface area contributed by atoms with Gasteiger partial charge >= 0.3 is 0 Å². The van der Waals surface area contributed by atoms with Crippen molar-refractivity contribution in [2.45, 2.75) is 13.5 Å². The standard InChI is InChI=1S/C13H14ClN2O2/c1-2-18-16-8-7-15(10-16)9-13(17)11-3-5-12(14)6-4-11/h3-8,10H,2,9H2,1H3/q+1. The molecule has 0 amide bonds. The molecule has 0 saturated carbocycles. The molecular weight excluding hydrogens is 252 g/mol. The number of nitrogens with zero attached hydrogens (tertiary/aromatic N) is 2. The molecule has 0 spiro atoms. The third-order valence-corrected chi connectivity index (χ3v) is 2.69. The molecule has 1 aromatic heterocycles. The fraction of sp³-hybridized carbons (Fsp3) is 0.231. The molecule has 5 heteroatoms. The summed E-state index contributed by atoms with van der Waals surface area (Å²) in [5.41, 5.74) is 0.649. The van der Waals surface area contributed by atoms with Gasteiger partial charge in [-0.05, 0) is 31.2 Å². The molecule has 0 aliphatic heterocycles. The number of carbonyl (C=O) groups is 1. The SMILES string of the molecule is CCO[n+]1ccn(CC(=O)c2ccc(Cl)cc2)c1. The largest absolute Gasteiger partial charge is 0.336 e. The monoisotopic (exact) mass is 265 g/mol. The molecule has 2 aromatic rings. The molecular formula is C13H14ClN2O2+. The zero-order valence-corrected chi connectivity index (χ0v) is 10.8. The number of ketones is 1. The van der Waals surface area contributed by atoms with E-state index in [2.05, 4.69) is 0 Å². The fourth-order valence-corrected chi connectivity index (χ4v) is 1.71. The molecule has 2 rings (SSSR count). The van der Waals surface area contributed by atoms with E-state index in [9.17, 15) is 4.79 Å². The van der Waals surface area contributed by atoms with Crippen molar-refractivity contribution in [3.8, 4) is 0 Å². The number of halogens is 1. The van der Waals surface area contributed by atoms with E-state index in [4.69, 9.17) is 16.4 Å². The maximum absolute atomic E-state index is 12.0. The highest BCUT2D eigenvalue weighted by molar-refractivity contribution is 6.30. The normalized spacial score (nSPS) is 10.3. The lowest BCUT2D eigenvalue weighted by Crippen LogP contribution is -2.40. The molecule has 0 bridgehead atoms. The average molecular weight is 266 g/mol. The topological polar surface area (TPSA) is 35.1 Å². The second-order valence-electron chi connectivity index (χ2n) is 3.79. The van der Waals surface area contributed by atoms with Gasteiger partial charge in [0.25, 0.3) is 6.33 Å². The van der Waals surface area contributed by atoms with Crippen LogP contribution >= 0.6 is 11.6 Å². The lowest BCUT2D eigenvalue weighted by Gasteiger charge is -1.98. The van der Waals surface area contributed by atoms with Gasteiger partial charge in [-0.2, -0.15) is 0 Å². The van der Waals surface area contributed by atoms with Crippen LogP contribution in [-0.2, 0) is 6.54 Å². The predicted molar refractivity (Wildman–Crippen MR) is 67.5 cm³/mol. The summed E-state index contributed by atoms with van der Waals surface area (Å²) in [5.74, 6) is 0.0333. The van der Waals surface area contributed by atoms with E-state index in [1.54, 1.807) is 52.3 Å². The maximum atomic E-state index is 12.0. The lowest BCUT2D eigenvalue weighted by molar-refractivity contribution is -0.890. The summed E-state index contributed by atoms with van der Waals surface area (Å²) in [5, 5.41) is 0.627. The Bertz CT molecular complexity index is 534. The summed E-state index contributed by atoms with van der Waals surface area (Å²) >= 11 is 5.78. The van der Waals surface area contributed by atoms with E-state index in [-0.39, 0.29) is 12.3 Å². The lowest BCUT2D eigenvalue weighted by atomic mass is 10.1. The van der Waals surface area contributed by atoms with Crippen LogP contribution in [-0.4, -0.2) is 17.0 Å². The number of imidazole rings is 1. The third kappa shape index (κ3) is 3.11. The molecule has 0 saturated heterocycles. The summed E-state index contributed by atoms with van der Waals surface area (Å²) in [7, 11) is 0. The molecule has 94 valence electrons. The predicted octanol–water partition coefficient (Wildman–Crippen LogP) is 1.76. The van der Waals surface area contributed by atoms with Crippen LogP contribution < -0.4 is 9.57 Å². The van der Waals surface area contributed by atoms with Crippen molar-refractivity contribution in [1.29, 1.82) is 0 Å². The number of carbonyl (C=O) groups excluding carboxylic acids is 1. The highest BCUT2D eigenvalue weighted by Crippen LogP contribution is 2.10. The van der Waals surface area contributed by atoms with Gasteiger partial charge in [0.15, 0.2) is 12.7 Å². The molecule has 18 heavy (non-hydrogen) atoms. The van der Waals surface area contributed by atoms with Crippen molar-refractivity contribution < 1.29 is 14.4 Å². The summed E-state index contributed by atoms with van der Waals surface area (Å²) in [6.07, 6.45) is 5.29. The summed E-state index contributed by atoms with van der Waals surface area (Å²) < 4.78 is 3.35. The van der Waals surface area contributed by atoms with Crippen LogP contribution in [0.15, 0.2) is 43.0 Å². The van der Waals surface area contributed by atoms with Gasteiger partial charge < -0.3 is 4.84 Å². The molecule has 4 nitrogen and oxygen atoms in total. The second kappa shape index (κ2) is 5.69. The smallest absolute Gasteiger partial charge is 0.284 e. The minimum atomic E-state index is 0.0333. The average Bonchev–Trinajstić information content (AvgIpc) is 2.78. The summed E-state index contributed by atoms with van der Waals surface area (Å²) in [6.45, 7) is 2.77. The maximum Gasteiger partial charge on any atom is 0.284 e. The van der Waals surface area contributed by atoms with Crippen LogP contribution in [0.5, 0.6) is 0 Å². The Morgan fingerprint density at radius 3 is 2.78 bits per heavy atom. The van der Waals surface area contributed by atoms with Crippen molar-refractivity contribution in [2.75, 3.05) is 6.61 Å². The van der Waals surface area contributed by atoms with E-state index < -0.39 is 0 Å². The minimum absolute atomic E-state index is 0.0333. The Morgan fingerprint density at radius 2 is 2.11 bits per heavy atom. The Morgan fingerprint density at radius 1 is 1.39 bits per heavy atom. The number of hydrogen-bond donors (Lipinski definition) is 0. The Kier molecular flexibility index (Phi) is 3.99. The van der Waals surface area contributed by atoms with Gasteiger partial charge in [0.05, 0.1) is 0 Å². The van der Waals surface area contributed by atoms with Crippen molar-refractivity contribution in [1.82, 2.24) is 4.57 Å². The number of benzene rings is 1. The first kappa shape index (κ1) is 12.6. The first-order valence-corrected chi connectivity index (χ1v) is 6.06. The minimum Gasteiger partial charge on any atom is -0.336 e. The van der Waals surface area contributed by atoms with Crippen molar-refractivity contribution >= 4 is 17.4 Å². The number of aromatic nitrogens is 2. The quantitative estimate of drug-likeness (QED) is 0.610. The highest BCUT2D eigenvalue weighted by Gasteiger charge is 2.11. The van der Waals surface area contributed by atoms with Gasteiger partial charge in [0.2, 0.25) is 5.78 Å². The highest BCUT2D eigenvalue weighted by atomic mass is 35.5. The first-order chi connectivity index (χ1) is 8.69. The zero-order chi connectivity index (χ0) is 13.0. The number of hydrogen-bond acceptors (Lipinski definition) is 2. The van der Waals surface area contributed by atoms with Crippen molar-refractivity contribution in [3.05, 3.63) is 53.6 Å². The fourth-order valence-electron chi connectivity index (χ4n) is 1.59. The molecule has 0 N–H and O–H groups in total. The molecule has 0 aliphatic rings. The molecule has 0 aliphatic carbocycles. The van der Waals surface area contributed by atoms with E-state index in [0.717, 1.165) is 0 Å². The van der Waals surface area contributed by atoms with Gasteiger partial charge in [-0.1, -0.05) is 16.3 Å². The van der Waals surface area contributed by atoms with Crippen molar-refractivity contribution in [3.63, 3.8) is 0 Å². The molecule has 0 atom stereocenters. The zero-order valence-electron chi connectivity index (χ0n) is 10.0. The van der Waals surface area contributed by atoms with Crippen LogP contribution in [0.3, 0.4) is 0 Å².